The monoisotopic (exact) mass is 420 g/mol. The minimum atomic E-state index is -3.21. The average Bonchev–Trinajstić information content (AvgIpc) is 3.13. The highest BCUT2D eigenvalue weighted by Gasteiger charge is 2.30. The third kappa shape index (κ3) is 4.99. The van der Waals surface area contributed by atoms with Gasteiger partial charge in [0.1, 0.15) is 0 Å². The van der Waals surface area contributed by atoms with Crippen LogP contribution in [0.3, 0.4) is 0 Å². The van der Waals surface area contributed by atoms with E-state index in [1.165, 1.54) is 4.31 Å². The minimum Gasteiger partial charge on any atom is -0.326 e. The lowest BCUT2D eigenvalue weighted by molar-refractivity contribution is -0.120. The Kier molecular flexibility index (Phi) is 6.63. The number of rotatable bonds is 7. The molecule has 1 aromatic carbocycles. The second-order valence-electron chi connectivity index (χ2n) is 7.47. The van der Waals surface area contributed by atoms with Crippen molar-refractivity contribution in [3.8, 4) is 5.69 Å². The number of carbonyl (C=O) groups is 1. The van der Waals surface area contributed by atoms with E-state index >= 15 is 0 Å². The van der Waals surface area contributed by atoms with E-state index in [0.29, 0.717) is 43.9 Å². The van der Waals surface area contributed by atoms with Crippen molar-refractivity contribution in [2.24, 2.45) is 5.92 Å². The second-order valence-corrected chi connectivity index (χ2v) is 9.56. The molecular weight excluding hydrogens is 392 g/mol. The first-order valence-corrected chi connectivity index (χ1v) is 11.6. The lowest BCUT2D eigenvalue weighted by Gasteiger charge is -2.30. The van der Waals surface area contributed by atoms with Gasteiger partial charge in [-0.1, -0.05) is 19.4 Å². The predicted molar refractivity (Wildman–Crippen MR) is 110 cm³/mol. The highest BCUT2D eigenvalue weighted by molar-refractivity contribution is 7.89. The van der Waals surface area contributed by atoms with Crippen LogP contribution in [-0.4, -0.2) is 57.7 Å². The van der Waals surface area contributed by atoms with Crippen molar-refractivity contribution >= 4 is 21.6 Å². The average molecular weight is 421 g/mol. The number of nitrogens with one attached hydrogen (secondary N) is 1. The Labute approximate surface area is 171 Å². The van der Waals surface area contributed by atoms with E-state index < -0.39 is 10.0 Å². The second kappa shape index (κ2) is 9.00. The maximum absolute atomic E-state index is 12.7. The first kappa shape index (κ1) is 21.4. The third-order valence-corrected chi connectivity index (χ3v) is 7.26. The molecule has 0 aliphatic carbocycles. The largest absolute Gasteiger partial charge is 0.326 e. The molecule has 0 saturated carbocycles. The van der Waals surface area contributed by atoms with Crippen LogP contribution < -0.4 is 5.32 Å². The van der Waals surface area contributed by atoms with Gasteiger partial charge in [-0.05, 0) is 61.2 Å². The van der Waals surface area contributed by atoms with E-state index in [2.05, 4.69) is 20.8 Å². The number of anilines is 1. The van der Waals surface area contributed by atoms with Crippen molar-refractivity contribution in [2.75, 3.05) is 24.2 Å². The third-order valence-electron chi connectivity index (χ3n) is 5.30. The first-order chi connectivity index (χ1) is 13.8. The van der Waals surface area contributed by atoms with Gasteiger partial charge in [-0.3, -0.25) is 4.79 Å². The summed E-state index contributed by atoms with van der Waals surface area (Å²) in [5, 5.41) is 14.5. The maximum Gasteiger partial charge on any atom is 0.227 e. The van der Waals surface area contributed by atoms with Crippen molar-refractivity contribution in [3.63, 3.8) is 0 Å². The summed E-state index contributed by atoms with van der Waals surface area (Å²) in [5.41, 5.74) is 2.47. The summed E-state index contributed by atoms with van der Waals surface area (Å²) in [5.74, 6) is 0.558. The van der Waals surface area contributed by atoms with E-state index in [1.807, 2.05) is 39.0 Å². The number of nitrogens with zero attached hydrogens (tertiary/aromatic N) is 5. The van der Waals surface area contributed by atoms with Gasteiger partial charge in [-0.25, -0.2) is 12.7 Å². The molecule has 0 unspecified atom stereocenters. The molecule has 1 amide bonds. The van der Waals surface area contributed by atoms with Crippen LogP contribution in [0, 0.1) is 19.8 Å². The Morgan fingerprint density at radius 2 is 1.97 bits per heavy atom. The zero-order chi connectivity index (χ0) is 21.0. The fourth-order valence-electron chi connectivity index (χ4n) is 3.47. The number of piperidine rings is 1. The van der Waals surface area contributed by atoms with Crippen LogP contribution >= 0.6 is 0 Å². The standard InChI is InChI=1S/C19H28N6O3S/c1-4-5-12-29(27,28)24-10-8-16(9-11-24)19(26)20-17-7-6-14(2)18(13-17)25-15(3)21-22-23-25/h6-7,13,16H,4-5,8-12H2,1-3H3,(H,20,26). The minimum absolute atomic E-state index is 0.0844. The molecule has 1 N–H and O–H groups in total. The van der Waals surface area contributed by atoms with Crippen LogP contribution in [0.1, 0.15) is 44.0 Å². The number of unbranched alkanes of at least 4 members (excludes halogenated alkanes) is 1. The van der Waals surface area contributed by atoms with E-state index in [1.54, 1.807) is 4.68 Å². The fourth-order valence-corrected chi connectivity index (χ4v) is 5.14. The SMILES string of the molecule is CCCCS(=O)(=O)N1CCC(C(=O)Nc2ccc(C)c(-n3nnnc3C)c2)CC1. The van der Waals surface area contributed by atoms with E-state index in [-0.39, 0.29) is 17.6 Å². The molecule has 10 heteroatoms. The quantitative estimate of drug-likeness (QED) is 0.734. The predicted octanol–water partition coefficient (Wildman–Crippen LogP) is 2.06. The topological polar surface area (TPSA) is 110 Å². The molecule has 1 saturated heterocycles. The van der Waals surface area contributed by atoms with Crippen LogP contribution in [0.5, 0.6) is 0 Å². The molecule has 1 aliphatic heterocycles. The molecular formula is C19H28N6O3S. The summed E-state index contributed by atoms with van der Waals surface area (Å²) < 4.78 is 27.8. The zero-order valence-electron chi connectivity index (χ0n) is 17.1. The summed E-state index contributed by atoms with van der Waals surface area (Å²) in [6.45, 7) is 6.53. The Morgan fingerprint density at radius 3 is 2.59 bits per heavy atom. The smallest absolute Gasteiger partial charge is 0.227 e. The molecule has 9 nitrogen and oxygen atoms in total. The molecule has 1 fully saturated rings. The molecule has 29 heavy (non-hydrogen) atoms. The Morgan fingerprint density at radius 1 is 1.24 bits per heavy atom. The summed E-state index contributed by atoms with van der Waals surface area (Å²) in [4.78, 5) is 12.7. The van der Waals surface area contributed by atoms with Crippen LogP contribution in [-0.2, 0) is 14.8 Å². The van der Waals surface area contributed by atoms with E-state index in [9.17, 15) is 13.2 Å². The number of amides is 1. The van der Waals surface area contributed by atoms with Crippen molar-refractivity contribution < 1.29 is 13.2 Å². The Balaban J connectivity index is 1.63. The van der Waals surface area contributed by atoms with Crippen molar-refractivity contribution in [3.05, 3.63) is 29.6 Å². The molecule has 3 rings (SSSR count). The van der Waals surface area contributed by atoms with Gasteiger partial charge in [0.2, 0.25) is 15.9 Å². The summed E-state index contributed by atoms with van der Waals surface area (Å²) >= 11 is 0. The van der Waals surface area contributed by atoms with Gasteiger partial charge in [0.15, 0.2) is 5.82 Å². The van der Waals surface area contributed by atoms with Gasteiger partial charge in [0.05, 0.1) is 11.4 Å². The van der Waals surface area contributed by atoms with Crippen LogP contribution in [0.2, 0.25) is 0 Å². The van der Waals surface area contributed by atoms with Gasteiger partial charge in [0.25, 0.3) is 0 Å². The number of carbonyl (C=O) groups excluding carboxylic acids is 1. The number of benzene rings is 1. The number of sulfonamides is 1. The zero-order valence-corrected chi connectivity index (χ0v) is 17.9. The molecule has 158 valence electrons. The number of tetrazole rings is 1. The molecule has 0 bridgehead atoms. The molecule has 0 radical (unpaired) electrons. The van der Waals surface area contributed by atoms with E-state index in [0.717, 1.165) is 17.7 Å². The molecule has 0 atom stereocenters. The number of hydrogen-bond donors (Lipinski definition) is 1. The summed E-state index contributed by atoms with van der Waals surface area (Å²) in [7, 11) is -3.21. The molecule has 2 heterocycles. The number of hydrogen-bond acceptors (Lipinski definition) is 6. The van der Waals surface area contributed by atoms with Crippen molar-refractivity contribution in [1.29, 1.82) is 0 Å². The molecule has 0 spiro atoms. The fraction of sp³-hybridized carbons (Fsp3) is 0.579. The number of aryl methyl sites for hydroxylation is 2. The lowest BCUT2D eigenvalue weighted by atomic mass is 9.97. The Bertz CT molecular complexity index is 964. The summed E-state index contributed by atoms with van der Waals surface area (Å²) in [6.07, 6.45) is 2.57. The number of aromatic nitrogens is 4. The lowest BCUT2D eigenvalue weighted by Crippen LogP contribution is -2.42. The highest BCUT2D eigenvalue weighted by atomic mass is 32.2. The van der Waals surface area contributed by atoms with Gasteiger partial charge in [-0.15, -0.1) is 5.10 Å². The van der Waals surface area contributed by atoms with E-state index in [4.69, 9.17) is 0 Å². The molecule has 1 aliphatic rings. The van der Waals surface area contributed by atoms with Gasteiger partial charge in [-0.2, -0.15) is 4.68 Å². The first-order valence-electron chi connectivity index (χ1n) is 9.96. The van der Waals surface area contributed by atoms with Crippen molar-refractivity contribution in [2.45, 2.75) is 46.5 Å². The Hall–Kier alpha value is -2.33. The maximum atomic E-state index is 12.7. The summed E-state index contributed by atoms with van der Waals surface area (Å²) in [6, 6.07) is 5.61. The van der Waals surface area contributed by atoms with Gasteiger partial charge < -0.3 is 5.32 Å². The highest BCUT2D eigenvalue weighted by Crippen LogP contribution is 2.24. The van der Waals surface area contributed by atoms with Gasteiger partial charge in [0, 0.05) is 24.7 Å². The van der Waals surface area contributed by atoms with Crippen LogP contribution in [0.4, 0.5) is 5.69 Å². The van der Waals surface area contributed by atoms with Crippen LogP contribution in [0.15, 0.2) is 18.2 Å². The normalized spacial score (nSPS) is 16.1. The van der Waals surface area contributed by atoms with Crippen LogP contribution in [0.25, 0.3) is 5.69 Å². The molecule has 2 aromatic rings. The molecule has 1 aromatic heterocycles. The van der Waals surface area contributed by atoms with Gasteiger partial charge >= 0.3 is 0 Å². The van der Waals surface area contributed by atoms with Crippen molar-refractivity contribution in [1.82, 2.24) is 24.5 Å².